The lowest BCUT2D eigenvalue weighted by Gasteiger charge is -2.42. The molecule has 3 rings (SSSR count). The molecule has 136 valence electrons. The van der Waals surface area contributed by atoms with E-state index in [0.29, 0.717) is 24.4 Å². The monoisotopic (exact) mass is 369 g/mol. The van der Waals surface area contributed by atoms with Gasteiger partial charge in [-0.25, -0.2) is 9.67 Å². The van der Waals surface area contributed by atoms with E-state index in [1.54, 1.807) is 11.0 Å². The van der Waals surface area contributed by atoms with Crippen molar-refractivity contribution in [2.45, 2.75) is 37.8 Å². The van der Waals surface area contributed by atoms with Gasteiger partial charge >= 0.3 is 0 Å². The van der Waals surface area contributed by atoms with Crippen LogP contribution in [0.25, 0.3) is 6.08 Å². The predicted molar refractivity (Wildman–Crippen MR) is 106 cm³/mol. The van der Waals surface area contributed by atoms with Crippen LogP contribution >= 0.6 is 11.6 Å². The molecule has 1 aromatic carbocycles. The van der Waals surface area contributed by atoms with Crippen LogP contribution in [0.3, 0.4) is 0 Å². The van der Waals surface area contributed by atoms with Gasteiger partial charge in [0.2, 0.25) is 0 Å². The summed E-state index contributed by atoms with van der Waals surface area (Å²) in [6.07, 6.45) is 12.1. The normalized spacial score (nSPS) is 23.2. The Morgan fingerprint density at radius 3 is 2.46 bits per heavy atom. The first-order valence-electron chi connectivity index (χ1n) is 8.76. The molecule has 26 heavy (non-hydrogen) atoms. The molecule has 1 N–H and O–H groups in total. The van der Waals surface area contributed by atoms with Crippen LogP contribution in [0.5, 0.6) is 0 Å². The molecule has 1 atom stereocenters. The number of allylic oxidation sites excluding steroid dienone is 2. The molecule has 0 saturated heterocycles. The summed E-state index contributed by atoms with van der Waals surface area (Å²) in [6.45, 7) is 8.19. The quantitative estimate of drug-likeness (QED) is 0.721. The second-order valence-electron chi connectivity index (χ2n) is 6.94. The van der Waals surface area contributed by atoms with Crippen molar-refractivity contribution in [2.75, 3.05) is 0 Å². The van der Waals surface area contributed by atoms with Crippen molar-refractivity contribution in [2.24, 2.45) is 5.41 Å². The van der Waals surface area contributed by atoms with Crippen molar-refractivity contribution >= 4 is 17.7 Å². The summed E-state index contributed by atoms with van der Waals surface area (Å²) in [5, 5.41) is 16.8. The van der Waals surface area contributed by atoms with E-state index in [0.717, 1.165) is 24.0 Å². The maximum atomic E-state index is 11.9. The van der Waals surface area contributed by atoms with Crippen LogP contribution in [0.15, 0.2) is 67.8 Å². The molecule has 1 saturated carbocycles. The summed E-state index contributed by atoms with van der Waals surface area (Å²) < 4.78 is 1.70. The minimum atomic E-state index is -1.05. The number of rotatable bonds is 7. The van der Waals surface area contributed by atoms with E-state index < -0.39 is 5.60 Å². The third-order valence-electron chi connectivity index (χ3n) is 5.42. The first-order chi connectivity index (χ1) is 12.5. The van der Waals surface area contributed by atoms with Gasteiger partial charge in [0.05, 0.1) is 6.54 Å². The molecular formula is C21H24ClN3O. The molecular weight excluding hydrogens is 346 g/mol. The van der Waals surface area contributed by atoms with Gasteiger partial charge in [-0.15, -0.1) is 13.2 Å². The molecule has 0 spiro atoms. The first kappa shape index (κ1) is 18.6. The highest BCUT2D eigenvalue weighted by atomic mass is 35.5. The van der Waals surface area contributed by atoms with E-state index in [2.05, 4.69) is 29.3 Å². The lowest BCUT2D eigenvalue weighted by atomic mass is 9.68. The molecule has 2 aromatic rings. The Morgan fingerprint density at radius 1 is 1.19 bits per heavy atom. The lowest BCUT2D eigenvalue weighted by Crippen LogP contribution is -2.48. The molecule has 1 heterocycles. The number of halogens is 1. The van der Waals surface area contributed by atoms with Crippen LogP contribution in [0, 0.1) is 5.41 Å². The predicted octanol–water partition coefficient (Wildman–Crippen LogP) is 4.68. The molecule has 0 bridgehead atoms. The molecule has 1 aliphatic carbocycles. The fourth-order valence-corrected chi connectivity index (χ4v) is 4.20. The highest BCUT2D eigenvalue weighted by Crippen LogP contribution is 2.55. The van der Waals surface area contributed by atoms with E-state index >= 15 is 0 Å². The Bertz CT molecular complexity index is 785. The van der Waals surface area contributed by atoms with Gasteiger partial charge in [-0.05, 0) is 49.0 Å². The van der Waals surface area contributed by atoms with E-state index in [4.69, 9.17) is 11.6 Å². The van der Waals surface area contributed by atoms with Crippen LogP contribution in [-0.2, 0) is 6.54 Å². The zero-order chi connectivity index (χ0) is 18.6. The summed E-state index contributed by atoms with van der Waals surface area (Å²) in [5.41, 5.74) is 0.622. The summed E-state index contributed by atoms with van der Waals surface area (Å²) in [4.78, 5) is 4.02. The van der Waals surface area contributed by atoms with Crippen LogP contribution < -0.4 is 0 Å². The molecule has 4 nitrogen and oxygen atoms in total. The SMILES string of the molecule is C=CCC1(CC=C)CC/C(=C/c2ccc(Cl)cc2)C1(O)Cn1cncn1. The fourth-order valence-electron chi connectivity index (χ4n) is 4.08. The first-order valence-corrected chi connectivity index (χ1v) is 9.14. The average molecular weight is 370 g/mol. The molecule has 1 unspecified atom stereocenters. The van der Waals surface area contributed by atoms with E-state index in [9.17, 15) is 5.11 Å². The second kappa shape index (κ2) is 7.60. The Morgan fingerprint density at radius 2 is 1.88 bits per heavy atom. The van der Waals surface area contributed by atoms with Gasteiger partial charge < -0.3 is 5.11 Å². The van der Waals surface area contributed by atoms with Gasteiger partial charge in [-0.2, -0.15) is 5.10 Å². The molecule has 0 radical (unpaired) electrons. The van der Waals surface area contributed by atoms with Crippen molar-refractivity contribution < 1.29 is 5.11 Å². The lowest BCUT2D eigenvalue weighted by molar-refractivity contribution is -0.0473. The minimum Gasteiger partial charge on any atom is -0.383 e. The van der Waals surface area contributed by atoms with Crippen LogP contribution in [-0.4, -0.2) is 25.5 Å². The molecule has 1 aliphatic rings. The van der Waals surface area contributed by atoms with Gasteiger partial charge in [-0.3, -0.25) is 0 Å². The Kier molecular flexibility index (Phi) is 5.44. The second-order valence-corrected chi connectivity index (χ2v) is 7.38. The zero-order valence-corrected chi connectivity index (χ0v) is 15.6. The van der Waals surface area contributed by atoms with Gasteiger partial charge in [0.1, 0.15) is 18.3 Å². The summed E-state index contributed by atoms with van der Waals surface area (Å²) >= 11 is 6.00. The summed E-state index contributed by atoms with van der Waals surface area (Å²) in [7, 11) is 0. The topological polar surface area (TPSA) is 50.9 Å². The smallest absolute Gasteiger partial charge is 0.137 e. The van der Waals surface area contributed by atoms with Crippen molar-refractivity contribution in [3.63, 3.8) is 0 Å². The number of aromatic nitrogens is 3. The molecule has 5 heteroatoms. The zero-order valence-electron chi connectivity index (χ0n) is 14.8. The molecule has 0 aliphatic heterocycles. The van der Waals surface area contributed by atoms with E-state index in [-0.39, 0.29) is 5.41 Å². The van der Waals surface area contributed by atoms with Crippen LogP contribution in [0.1, 0.15) is 31.2 Å². The van der Waals surface area contributed by atoms with E-state index in [1.807, 2.05) is 36.4 Å². The fraction of sp³-hybridized carbons (Fsp3) is 0.333. The molecule has 1 fully saturated rings. The Hall–Kier alpha value is -2.17. The van der Waals surface area contributed by atoms with E-state index in [1.165, 1.54) is 6.33 Å². The molecule has 0 amide bonds. The van der Waals surface area contributed by atoms with Gasteiger partial charge in [-0.1, -0.05) is 42.0 Å². The summed E-state index contributed by atoms with van der Waals surface area (Å²) in [5.74, 6) is 0. The number of nitrogens with zero attached hydrogens (tertiary/aromatic N) is 3. The standard InChI is InChI=1S/C21H24ClN3O/c1-3-10-20(11-4-2)12-9-18(13-17-5-7-19(22)8-6-17)21(20,26)14-25-16-23-15-24-25/h3-8,13,15-16,26H,1-2,9-12,14H2/b18-13-. The minimum absolute atomic E-state index is 0.347. The van der Waals surface area contributed by atoms with Gasteiger partial charge in [0.15, 0.2) is 0 Å². The highest BCUT2D eigenvalue weighted by molar-refractivity contribution is 6.30. The Balaban J connectivity index is 2.06. The Labute approximate surface area is 159 Å². The van der Waals surface area contributed by atoms with Gasteiger partial charge in [0, 0.05) is 10.4 Å². The average Bonchev–Trinajstić information content (AvgIpc) is 3.20. The van der Waals surface area contributed by atoms with Crippen LogP contribution in [0.2, 0.25) is 5.02 Å². The summed E-state index contributed by atoms with van der Waals surface area (Å²) in [6, 6.07) is 7.65. The number of hydrogen-bond acceptors (Lipinski definition) is 3. The van der Waals surface area contributed by atoms with Crippen molar-refractivity contribution in [1.82, 2.24) is 14.8 Å². The van der Waals surface area contributed by atoms with Crippen LogP contribution in [0.4, 0.5) is 0 Å². The maximum Gasteiger partial charge on any atom is 0.137 e. The molecule has 1 aromatic heterocycles. The number of hydrogen-bond donors (Lipinski definition) is 1. The largest absolute Gasteiger partial charge is 0.383 e. The number of benzene rings is 1. The van der Waals surface area contributed by atoms with Crippen molar-refractivity contribution in [3.05, 3.63) is 78.4 Å². The third-order valence-corrected chi connectivity index (χ3v) is 5.67. The number of aliphatic hydroxyl groups is 1. The van der Waals surface area contributed by atoms with Gasteiger partial charge in [0.25, 0.3) is 0 Å². The van der Waals surface area contributed by atoms with Crippen molar-refractivity contribution in [1.29, 1.82) is 0 Å². The maximum absolute atomic E-state index is 11.9. The highest BCUT2D eigenvalue weighted by Gasteiger charge is 2.55. The third kappa shape index (κ3) is 3.39. The van der Waals surface area contributed by atoms with Crippen molar-refractivity contribution in [3.8, 4) is 0 Å².